The number of aliphatic hydroxyl groups excluding tert-OH is 1. The average molecular weight is 575 g/mol. The molecule has 2 heterocycles. The third kappa shape index (κ3) is 4.05. The van der Waals surface area contributed by atoms with Crippen LogP contribution < -0.4 is 11.1 Å². The highest BCUT2D eigenvalue weighted by Crippen LogP contribution is 2.87. The quantitative estimate of drug-likeness (QED) is 0.439. The molecule has 41 heavy (non-hydrogen) atoms. The Labute approximate surface area is 246 Å². The van der Waals surface area contributed by atoms with E-state index in [9.17, 15) is 9.90 Å². The molecule has 4 N–H and O–H groups in total. The third-order valence-corrected chi connectivity index (χ3v) is 14.1. The molecule has 2 spiro atoms. The van der Waals surface area contributed by atoms with E-state index in [1.165, 1.54) is 38.5 Å². The van der Waals surface area contributed by atoms with Crippen molar-refractivity contribution in [1.82, 2.24) is 5.32 Å². The fourth-order valence-electron chi connectivity index (χ4n) is 12.4. The van der Waals surface area contributed by atoms with E-state index < -0.39 is 12.2 Å². The Bertz CT molecular complexity index is 1030. The molecule has 8 heteroatoms. The van der Waals surface area contributed by atoms with Crippen LogP contribution in [0.15, 0.2) is 0 Å². The van der Waals surface area contributed by atoms with Crippen LogP contribution in [-0.4, -0.2) is 67.7 Å². The molecular formula is C33H54N2O6. The molecule has 0 aromatic rings. The summed E-state index contributed by atoms with van der Waals surface area (Å²) in [6.45, 7) is 13.9. The largest absolute Gasteiger partial charge is 0.443 e. The minimum absolute atomic E-state index is 0.0978. The molecule has 232 valence electrons. The maximum Gasteiger partial charge on any atom is 0.404 e. The number of carbonyl (C=O) groups is 1. The fraction of sp³-hybridized carbons (Fsp3) is 0.970. The zero-order chi connectivity index (χ0) is 28.9. The maximum absolute atomic E-state index is 12.1. The van der Waals surface area contributed by atoms with E-state index in [4.69, 9.17) is 24.7 Å². The molecule has 6 unspecified atom stereocenters. The molecule has 7 aliphatic rings. The minimum Gasteiger partial charge on any atom is -0.443 e. The Kier molecular flexibility index (Phi) is 6.88. The molecule has 13 atom stereocenters. The van der Waals surface area contributed by atoms with Gasteiger partial charge in [0, 0.05) is 13.1 Å². The minimum atomic E-state index is -0.745. The van der Waals surface area contributed by atoms with Gasteiger partial charge in [0.1, 0.15) is 6.10 Å². The SMILES string of the molecule is CC(C)[C@@H](OC(N)=O)[C@H]1CCC2[C@H](O1)C(O)C1C3CC[C@H]4C(C)(C)[C@@H](OC5CNCCO5)CCC45C[C@@]35CC[C@@]12C. The molecule has 5 aliphatic carbocycles. The number of nitrogens with two attached hydrogens (primary N) is 1. The second-order valence-corrected chi connectivity index (χ2v) is 16.2. The zero-order valence-electron chi connectivity index (χ0n) is 25.9. The van der Waals surface area contributed by atoms with Crippen LogP contribution in [0, 0.1) is 51.2 Å². The normalized spacial score (nSPS) is 52.3. The van der Waals surface area contributed by atoms with Crippen molar-refractivity contribution in [2.75, 3.05) is 19.7 Å². The van der Waals surface area contributed by atoms with Gasteiger partial charge in [-0.1, -0.05) is 34.6 Å². The number of hydrogen-bond acceptors (Lipinski definition) is 7. The number of amides is 1. The van der Waals surface area contributed by atoms with Crippen LogP contribution in [0.1, 0.15) is 92.4 Å². The summed E-state index contributed by atoms with van der Waals surface area (Å²) in [5.41, 5.74) is 6.38. The molecule has 5 saturated carbocycles. The number of ether oxygens (including phenoxy) is 4. The highest BCUT2D eigenvalue weighted by atomic mass is 16.7. The van der Waals surface area contributed by atoms with Crippen LogP contribution in [0.3, 0.4) is 0 Å². The first-order chi connectivity index (χ1) is 19.4. The van der Waals surface area contributed by atoms with Crippen molar-refractivity contribution in [3.8, 4) is 0 Å². The number of aliphatic hydroxyl groups is 1. The van der Waals surface area contributed by atoms with E-state index >= 15 is 0 Å². The Morgan fingerprint density at radius 2 is 1.80 bits per heavy atom. The van der Waals surface area contributed by atoms with Gasteiger partial charge in [0.25, 0.3) is 0 Å². The highest BCUT2D eigenvalue weighted by Gasteiger charge is 2.81. The first-order valence-electron chi connectivity index (χ1n) is 16.7. The number of hydrogen-bond donors (Lipinski definition) is 3. The number of fused-ring (bicyclic) bond motifs is 4. The second kappa shape index (κ2) is 9.79. The predicted octanol–water partition coefficient (Wildman–Crippen LogP) is 4.61. The molecule has 2 saturated heterocycles. The van der Waals surface area contributed by atoms with E-state index in [-0.39, 0.29) is 53.4 Å². The first kappa shape index (κ1) is 28.8. The highest BCUT2D eigenvalue weighted by molar-refractivity contribution is 5.64. The Morgan fingerprint density at radius 1 is 1.02 bits per heavy atom. The summed E-state index contributed by atoms with van der Waals surface area (Å²) < 4.78 is 24.9. The van der Waals surface area contributed by atoms with Gasteiger partial charge in [-0.3, -0.25) is 0 Å². The zero-order valence-corrected chi connectivity index (χ0v) is 25.9. The summed E-state index contributed by atoms with van der Waals surface area (Å²) in [5, 5.41) is 15.5. The lowest BCUT2D eigenvalue weighted by Crippen LogP contribution is -2.56. The summed E-state index contributed by atoms with van der Waals surface area (Å²) in [6, 6.07) is 0. The van der Waals surface area contributed by atoms with Crippen LogP contribution in [-0.2, 0) is 18.9 Å². The lowest BCUT2D eigenvalue weighted by atomic mass is 9.46. The predicted molar refractivity (Wildman–Crippen MR) is 154 cm³/mol. The first-order valence-corrected chi connectivity index (χ1v) is 16.7. The van der Waals surface area contributed by atoms with E-state index in [2.05, 4.69) is 26.1 Å². The molecule has 7 rings (SSSR count). The Morgan fingerprint density at radius 3 is 2.51 bits per heavy atom. The number of primary amides is 1. The van der Waals surface area contributed by atoms with E-state index in [0.717, 1.165) is 39.0 Å². The van der Waals surface area contributed by atoms with Gasteiger partial charge in [-0.2, -0.15) is 0 Å². The van der Waals surface area contributed by atoms with Crippen molar-refractivity contribution in [2.24, 2.45) is 57.0 Å². The summed E-state index contributed by atoms with van der Waals surface area (Å²) in [5.74, 6) is 1.95. The topological polar surface area (TPSA) is 112 Å². The molecule has 1 amide bonds. The molecule has 2 aliphatic heterocycles. The van der Waals surface area contributed by atoms with E-state index in [1.54, 1.807) is 0 Å². The summed E-state index contributed by atoms with van der Waals surface area (Å²) in [7, 11) is 0. The van der Waals surface area contributed by atoms with Gasteiger partial charge in [-0.15, -0.1) is 0 Å². The molecular weight excluding hydrogens is 520 g/mol. The maximum atomic E-state index is 12.1. The number of nitrogens with one attached hydrogen (secondary N) is 1. The summed E-state index contributed by atoms with van der Waals surface area (Å²) in [4.78, 5) is 11.7. The van der Waals surface area contributed by atoms with Crippen LogP contribution in [0.2, 0.25) is 0 Å². The molecule has 0 aromatic carbocycles. The Hall–Kier alpha value is -0.930. The van der Waals surface area contributed by atoms with Gasteiger partial charge in [0.05, 0.1) is 31.0 Å². The van der Waals surface area contributed by atoms with Gasteiger partial charge in [-0.25, -0.2) is 4.79 Å². The fourth-order valence-corrected chi connectivity index (χ4v) is 12.4. The average Bonchev–Trinajstić information content (AvgIpc) is 3.55. The van der Waals surface area contributed by atoms with Crippen LogP contribution in [0.4, 0.5) is 4.79 Å². The van der Waals surface area contributed by atoms with Gasteiger partial charge in [-0.05, 0) is 109 Å². The van der Waals surface area contributed by atoms with Crippen molar-refractivity contribution >= 4 is 6.09 Å². The van der Waals surface area contributed by atoms with Crippen LogP contribution >= 0.6 is 0 Å². The summed E-state index contributed by atoms with van der Waals surface area (Å²) in [6.07, 6.45) is 8.55. The molecule has 7 fully saturated rings. The van der Waals surface area contributed by atoms with Crippen LogP contribution in [0.25, 0.3) is 0 Å². The van der Waals surface area contributed by atoms with Gasteiger partial charge in [0.2, 0.25) is 0 Å². The summed E-state index contributed by atoms with van der Waals surface area (Å²) >= 11 is 0. The molecule has 0 radical (unpaired) electrons. The monoisotopic (exact) mass is 574 g/mol. The third-order valence-electron chi connectivity index (χ3n) is 14.1. The van der Waals surface area contributed by atoms with Crippen molar-refractivity contribution < 1.29 is 28.8 Å². The van der Waals surface area contributed by atoms with Gasteiger partial charge in [0.15, 0.2) is 6.29 Å². The van der Waals surface area contributed by atoms with Crippen molar-refractivity contribution in [3.63, 3.8) is 0 Å². The number of morpholine rings is 1. The molecule has 0 bridgehead atoms. The van der Waals surface area contributed by atoms with Crippen molar-refractivity contribution in [1.29, 1.82) is 0 Å². The van der Waals surface area contributed by atoms with Crippen molar-refractivity contribution in [3.05, 3.63) is 0 Å². The Balaban J connectivity index is 1.11. The van der Waals surface area contributed by atoms with E-state index in [0.29, 0.717) is 28.6 Å². The number of carbonyl (C=O) groups excluding carboxylic acids is 1. The second-order valence-electron chi connectivity index (χ2n) is 16.2. The molecule has 0 aromatic heterocycles. The van der Waals surface area contributed by atoms with Crippen molar-refractivity contribution in [2.45, 2.75) is 129 Å². The lowest BCUT2D eigenvalue weighted by molar-refractivity contribution is -0.232. The standard InChI is InChI=1S/C33H54N2O6/c1-18(2)27(41-29(34)37)21-8-6-20-28(39-21)26(36)25-19-7-9-22-30(3,4)23(40-24-16-35-14-15-38-24)10-11-33(22)17-32(19,33)13-12-31(20,25)5/h18-28,35-36H,6-17H2,1-5H3,(H2,34,37)/t19?,20?,21-,22+,23+,24?,25?,26?,27-,28+,31-,32+,33?/m1/s1. The van der Waals surface area contributed by atoms with E-state index in [1.807, 2.05) is 13.8 Å². The van der Waals surface area contributed by atoms with Gasteiger partial charge >= 0.3 is 6.09 Å². The lowest BCUT2D eigenvalue weighted by Gasteiger charge is -2.60. The molecule has 8 nitrogen and oxygen atoms in total. The van der Waals surface area contributed by atoms with Crippen LogP contribution in [0.5, 0.6) is 0 Å². The number of rotatable bonds is 5. The smallest absolute Gasteiger partial charge is 0.404 e. The van der Waals surface area contributed by atoms with Gasteiger partial charge < -0.3 is 35.1 Å².